The molecule has 1 saturated heterocycles. The Balaban J connectivity index is 2.13. The van der Waals surface area contributed by atoms with Crippen LogP contribution in [0.1, 0.15) is 18.5 Å². The fourth-order valence-electron chi connectivity index (χ4n) is 1.88. The number of rotatable bonds is 3. The van der Waals surface area contributed by atoms with Gasteiger partial charge in [0.1, 0.15) is 0 Å². The number of carbonyl (C=O) groups excluding carboxylic acids is 1. The molecule has 1 unspecified atom stereocenters. The first-order valence-electron chi connectivity index (χ1n) is 5.45. The summed E-state index contributed by atoms with van der Waals surface area (Å²) in [7, 11) is 1.84. The van der Waals surface area contributed by atoms with Gasteiger partial charge in [-0.3, -0.25) is 0 Å². The zero-order valence-corrected chi connectivity index (χ0v) is 10.4. The molecule has 0 spiro atoms. The Labute approximate surface area is 100 Å². The van der Waals surface area contributed by atoms with Gasteiger partial charge in [0.25, 0.3) is 0 Å². The minimum atomic E-state index is 0.0111. The summed E-state index contributed by atoms with van der Waals surface area (Å²) in [5, 5.41) is 2.84. The lowest BCUT2D eigenvalue weighted by Gasteiger charge is -2.18. The van der Waals surface area contributed by atoms with Crippen LogP contribution in [0.5, 0.6) is 0 Å². The molecule has 1 aliphatic heterocycles. The minimum Gasteiger partial charge on any atom is -0.336 e. The molecule has 0 radical (unpaired) electrons. The zero-order chi connectivity index (χ0) is 11.5. The highest BCUT2D eigenvalue weighted by Crippen LogP contribution is 2.25. The van der Waals surface area contributed by atoms with Crippen LogP contribution < -0.4 is 5.32 Å². The third kappa shape index (κ3) is 2.16. The van der Waals surface area contributed by atoms with Crippen LogP contribution in [0.2, 0.25) is 0 Å². The van der Waals surface area contributed by atoms with Gasteiger partial charge in [-0.15, -0.1) is 11.8 Å². The molecule has 86 valence electrons. The molecule has 0 bridgehead atoms. The summed E-state index contributed by atoms with van der Waals surface area (Å²) >= 11 is 1.83. The smallest absolute Gasteiger partial charge is 0.317 e. The summed E-state index contributed by atoms with van der Waals surface area (Å²) < 4.78 is 0. The predicted molar refractivity (Wildman–Crippen MR) is 66.7 cm³/mol. The lowest BCUT2D eigenvalue weighted by atomic mass is 10.1. The van der Waals surface area contributed by atoms with Crippen molar-refractivity contribution in [1.29, 1.82) is 0 Å². The largest absolute Gasteiger partial charge is 0.336 e. The molecule has 2 amide bonds. The van der Waals surface area contributed by atoms with Gasteiger partial charge in [-0.1, -0.05) is 19.1 Å². The van der Waals surface area contributed by atoms with Gasteiger partial charge in [0.05, 0.1) is 6.04 Å². The molecule has 3 nitrogen and oxygen atoms in total. The van der Waals surface area contributed by atoms with Gasteiger partial charge in [-0.2, -0.15) is 0 Å². The maximum absolute atomic E-state index is 11.3. The minimum absolute atomic E-state index is 0.0111. The highest BCUT2D eigenvalue weighted by Gasteiger charge is 2.28. The Bertz CT molecular complexity index is 377. The van der Waals surface area contributed by atoms with E-state index in [1.54, 1.807) is 4.90 Å². The average molecular weight is 236 g/mol. The first-order valence-corrected chi connectivity index (χ1v) is 6.44. The van der Waals surface area contributed by atoms with Gasteiger partial charge in [0.15, 0.2) is 0 Å². The van der Waals surface area contributed by atoms with E-state index in [0.717, 1.165) is 5.75 Å². The van der Waals surface area contributed by atoms with Crippen LogP contribution in [0.3, 0.4) is 0 Å². The molecule has 1 aromatic rings. The van der Waals surface area contributed by atoms with Crippen molar-refractivity contribution in [2.45, 2.75) is 17.9 Å². The van der Waals surface area contributed by atoms with Crippen LogP contribution in [0, 0.1) is 0 Å². The number of hydrogen-bond acceptors (Lipinski definition) is 2. The van der Waals surface area contributed by atoms with Crippen molar-refractivity contribution in [3.8, 4) is 0 Å². The van der Waals surface area contributed by atoms with Crippen LogP contribution in [0.25, 0.3) is 0 Å². The Morgan fingerprint density at radius 3 is 2.62 bits per heavy atom. The number of carbonyl (C=O) groups is 1. The van der Waals surface area contributed by atoms with Gasteiger partial charge < -0.3 is 10.2 Å². The summed E-state index contributed by atoms with van der Waals surface area (Å²) in [5.41, 5.74) is 1.20. The second-order valence-electron chi connectivity index (χ2n) is 3.81. The molecule has 16 heavy (non-hydrogen) atoms. The number of urea groups is 1. The molecule has 0 aliphatic carbocycles. The van der Waals surface area contributed by atoms with Crippen molar-refractivity contribution in [2.24, 2.45) is 0 Å². The first-order chi connectivity index (χ1) is 7.72. The van der Waals surface area contributed by atoms with Crippen LogP contribution >= 0.6 is 11.8 Å². The summed E-state index contributed by atoms with van der Waals surface area (Å²) in [6, 6.07) is 8.66. The van der Waals surface area contributed by atoms with Crippen molar-refractivity contribution >= 4 is 17.8 Å². The molecular formula is C12H16N2OS. The van der Waals surface area contributed by atoms with Gasteiger partial charge in [-0.05, 0) is 23.4 Å². The second kappa shape index (κ2) is 4.78. The third-order valence-corrected chi connectivity index (χ3v) is 3.70. The van der Waals surface area contributed by atoms with Crippen LogP contribution in [0.15, 0.2) is 29.2 Å². The zero-order valence-electron chi connectivity index (χ0n) is 9.56. The van der Waals surface area contributed by atoms with Crippen LogP contribution in [0.4, 0.5) is 4.79 Å². The number of nitrogens with zero attached hydrogens (tertiary/aromatic N) is 1. The van der Waals surface area contributed by atoms with E-state index in [1.807, 2.05) is 18.8 Å². The van der Waals surface area contributed by atoms with E-state index in [2.05, 4.69) is 36.5 Å². The molecule has 1 atom stereocenters. The lowest BCUT2D eigenvalue weighted by Crippen LogP contribution is -2.25. The maximum Gasteiger partial charge on any atom is 0.317 e. The predicted octanol–water partition coefficient (Wildman–Crippen LogP) is 2.49. The fourth-order valence-corrected chi connectivity index (χ4v) is 2.54. The monoisotopic (exact) mass is 236 g/mol. The van der Waals surface area contributed by atoms with Crippen LogP contribution in [-0.4, -0.2) is 30.3 Å². The van der Waals surface area contributed by atoms with E-state index in [9.17, 15) is 4.79 Å². The SMILES string of the molecule is CCSc1ccc(C2CNC(=O)N2C)cc1. The number of amides is 2. The molecule has 0 saturated carbocycles. The quantitative estimate of drug-likeness (QED) is 0.818. The average Bonchev–Trinajstić information content (AvgIpc) is 2.62. The molecule has 4 heteroatoms. The van der Waals surface area contributed by atoms with Crippen molar-refractivity contribution in [1.82, 2.24) is 10.2 Å². The van der Waals surface area contributed by atoms with E-state index < -0.39 is 0 Å². The molecular weight excluding hydrogens is 220 g/mol. The number of benzene rings is 1. The molecule has 2 rings (SSSR count). The molecule has 1 aliphatic rings. The number of nitrogens with one attached hydrogen (secondary N) is 1. The van der Waals surface area contributed by atoms with Crippen molar-refractivity contribution in [3.63, 3.8) is 0 Å². The fraction of sp³-hybridized carbons (Fsp3) is 0.417. The molecule has 1 aromatic carbocycles. The van der Waals surface area contributed by atoms with Gasteiger partial charge in [0, 0.05) is 18.5 Å². The molecule has 0 aromatic heterocycles. The summed E-state index contributed by atoms with van der Waals surface area (Å²) in [6.45, 7) is 2.85. The number of likely N-dealkylation sites (N-methyl/N-ethyl adjacent to an activating group) is 1. The molecule has 1 heterocycles. The van der Waals surface area contributed by atoms with Crippen molar-refractivity contribution in [3.05, 3.63) is 29.8 Å². The molecule has 1 N–H and O–H groups in total. The lowest BCUT2D eigenvalue weighted by molar-refractivity contribution is 0.217. The summed E-state index contributed by atoms with van der Waals surface area (Å²) in [4.78, 5) is 14.4. The van der Waals surface area contributed by atoms with Gasteiger partial charge in [0.2, 0.25) is 0 Å². The maximum atomic E-state index is 11.3. The molecule has 1 fully saturated rings. The van der Waals surface area contributed by atoms with E-state index in [-0.39, 0.29) is 12.1 Å². The van der Waals surface area contributed by atoms with E-state index >= 15 is 0 Å². The Hall–Kier alpha value is -1.16. The standard InChI is InChI=1S/C12H16N2OS/c1-3-16-10-6-4-9(5-7-10)11-8-13-12(15)14(11)2/h4-7,11H,3,8H2,1-2H3,(H,13,15). The topological polar surface area (TPSA) is 32.3 Å². The highest BCUT2D eigenvalue weighted by molar-refractivity contribution is 7.99. The number of hydrogen-bond donors (Lipinski definition) is 1. The number of thioether (sulfide) groups is 1. The highest BCUT2D eigenvalue weighted by atomic mass is 32.2. The van der Waals surface area contributed by atoms with E-state index in [4.69, 9.17) is 0 Å². The van der Waals surface area contributed by atoms with E-state index in [0.29, 0.717) is 6.54 Å². The second-order valence-corrected chi connectivity index (χ2v) is 5.15. The van der Waals surface area contributed by atoms with E-state index in [1.165, 1.54) is 10.5 Å². The third-order valence-electron chi connectivity index (χ3n) is 2.81. The Morgan fingerprint density at radius 2 is 2.12 bits per heavy atom. The van der Waals surface area contributed by atoms with Crippen LogP contribution in [-0.2, 0) is 0 Å². The van der Waals surface area contributed by atoms with Gasteiger partial charge in [-0.25, -0.2) is 4.79 Å². The van der Waals surface area contributed by atoms with Gasteiger partial charge >= 0.3 is 6.03 Å². The Kier molecular flexibility index (Phi) is 3.39. The summed E-state index contributed by atoms with van der Waals surface area (Å²) in [6.07, 6.45) is 0. The van der Waals surface area contributed by atoms with Crippen molar-refractivity contribution in [2.75, 3.05) is 19.3 Å². The normalized spacial score (nSPS) is 20.0. The summed E-state index contributed by atoms with van der Waals surface area (Å²) in [5.74, 6) is 1.09. The van der Waals surface area contributed by atoms with Crippen molar-refractivity contribution < 1.29 is 4.79 Å². The first kappa shape index (κ1) is 11.3. The Morgan fingerprint density at radius 1 is 1.44 bits per heavy atom.